The van der Waals surface area contributed by atoms with Crippen molar-refractivity contribution in [3.05, 3.63) is 0 Å². The van der Waals surface area contributed by atoms with Gasteiger partial charge in [0.1, 0.15) is 0 Å². The van der Waals surface area contributed by atoms with Crippen LogP contribution in [0.5, 0.6) is 0 Å². The van der Waals surface area contributed by atoms with Crippen molar-refractivity contribution in [1.82, 2.24) is 10.6 Å². The van der Waals surface area contributed by atoms with Gasteiger partial charge in [-0.3, -0.25) is 0 Å². The largest absolute Gasteiger partial charge is 0.315 e. The van der Waals surface area contributed by atoms with Crippen LogP contribution in [-0.2, 0) is 0 Å². The Morgan fingerprint density at radius 3 is 1.25 bits per heavy atom. The SMILES string of the molecule is CCCCCCCCCCCNCCNCCCCC. The molecular formula is C18H40N2. The molecule has 0 heterocycles. The zero-order valence-electron chi connectivity index (χ0n) is 14.3. The molecule has 0 unspecified atom stereocenters. The molecule has 0 aromatic carbocycles. The Morgan fingerprint density at radius 2 is 0.750 bits per heavy atom. The Hall–Kier alpha value is -0.0800. The van der Waals surface area contributed by atoms with Gasteiger partial charge in [-0.05, 0) is 25.9 Å². The van der Waals surface area contributed by atoms with Gasteiger partial charge in [0.15, 0.2) is 0 Å². The molecule has 122 valence electrons. The number of rotatable bonds is 17. The first-order valence-corrected chi connectivity index (χ1v) is 9.33. The van der Waals surface area contributed by atoms with E-state index in [9.17, 15) is 0 Å². The van der Waals surface area contributed by atoms with Gasteiger partial charge in [0, 0.05) is 13.1 Å². The number of hydrogen-bond acceptors (Lipinski definition) is 2. The normalized spacial score (nSPS) is 11.1. The molecule has 0 aromatic heterocycles. The van der Waals surface area contributed by atoms with Crippen LogP contribution >= 0.6 is 0 Å². The Labute approximate surface area is 128 Å². The predicted octanol–water partition coefficient (Wildman–Crippen LogP) is 4.89. The van der Waals surface area contributed by atoms with Crippen LogP contribution in [0.1, 0.15) is 90.9 Å². The van der Waals surface area contributed by atoms with Crippen LogP contribution < -0.4 is 10.6 Å². The molecule has 0 saturated heterocycles. The Bertz CT molecular complexity index is 141. The molecule has 0 bridgehead atoms. The van der Waals surface area contributed by atoms with E-state index >= 15 is 0 Å². The van der Waals surface area contributed by atoms with Crippen molar-refractivity contribution in [2.24, 2.45) is 0 Å². The minimum Gasteiger partial charge on any atom is -0.315 e. The lowest BCUT2D eigenvalue weighted by molar-refractivity contribution is 0.538. The van der Waals surface area contributed by atoms with E-state index in [-0.39, 0.29) is 0 Å². The molecule has 0 aliphatic carbocycles. The summed E-state index contributed by atoms with van der Waals surface area (Å²) in [5.41, 5.74) is 0. The van der Waals surface area contributed by atoms with E-state index < -0.39 is 0 Å². The highest BCUT2D eigenvalue weighted by atomic mass is 14.9. The van der Waals surface area contributed by atoms with Gasteiger partial charge in [0.25, 0.3) is 0 Å². The first kappa shape index (κ1) is 19.9. The van der Waals surface area contributed by atoms with E-state index in [1.807, 2.05) is 0 Å². The fraction of sp³-hybridized carbons (Fsp3) is 1.00. The van der Waals surface area contributed by atoms with Crippen LogP contribution in [-0.4, -0.2) is 26.2 Å². The van der Waals surface area contributed by atoms with Crippen LogP contribution in [0.3, 0.4) is 0 Å². The zero-order valence-corrected chi connectivity index (χ0v) is 14.3. The maximum Gasteiger partial charge on any atom is 0.00767 e. The zero-order chi connectivity index (χ0) is 14.7. The lowest BCUT2D eigenvalue weighted by Gasteiger charge is -2.06. The highest BCUT2D eigenvalue weighted by molar-refractivity contribution is 4.54. The van der Waals surface area contributed by atoms with E-state index in [2.05, 4.69) is 24.5 Å². The summed E-state index contributed by atoms with van der Waals surface area (Å²) in [7, 11) is 0. The number of unbranched alkanes of at least 4 members (excludes halogenated alkanes) is 10. The molecule has 0 fully saturated rings. The summed E-state index contributed by atoms with van der Waals surface area (Å²) >= 11 is 0. The van der Waals surface area contributed by atoms with E-state index in [1.165, 1.54) is 90.1 Å². The molecule has 0 rings (SSSR count). The smallest absolute Gasteiger partial charge is 0.00767 e. The summed E-state index contributed by atoms with van der Waals surface area (Å²) < 4.78 is 0. The topological polar surface area (TPSA) is 24.1 Å². The molecule has 20 heavy (non-hydrogen) atoms. The second-order valence-electron chi connectivity index (χ2n) is 6.04. The predicted molar refractivity (Wildman–Crippen MR) is 92.5 cm³/mol. The average molecular weight is 285 g/mol. The molecule has 0 aromatic rings. The number of nitrogens with one attached hydrogen (secondary N) is 2. The monoisotopic (exact) mass is 284 g/mol. The van der Waals surface area contributed by atoms with E-state index in [4.69, 9.17) is 0 Å². The summed E-state index contributed by atoms with van der Waals surface area (Å²) in [6.07, 6.45) is 16.8. The van der Waals surface area contributed by atoms with Crippen molar-refractivity contribution in [3.8, 4) is 0 Å². The molecule has 0 saturated carbocycles. The summed E-state index contributed by atoms with van der Waals surface area (Å²) in [5.74, 6) is 0. The van der Waals surface area contributed by atoms with Gasteiger partial charge in [-0.1, -0.05) is 78.1 Å². The molecule has 0 aliphatic heterocycles. The Morgan fingerprint density at radius 1 is 0.400 bits per heavy atom. The summed E-state index contributed by atoms with van der Waals surface area (Å²) in [6.45, 7) is 9.19. The van der Waals surface area contributed by atoms with Gasteiger partial charge in [-0.2, -0.15) is 0 Å². The third-order valence-electron chi connectivity index (χ3n) is 3.89. The Kier molecular flexibility index (Phi) is 18.8. The number of hydrogen-bond donors (Lipinski definition) is 2. The lowest BCUT2D eigenvalue weighted by atomic mass is 10.1. The van der Waals surface area contributed by atoms with Crippen molar-refractivity contribution in [2.75, 3.05) is 26.2 Å². The maximum atomic E-state index is 3.53. The molecule has 2 N–H and O–H groups in total. The van der Waals surface area contributed by atoms with Gasteiger partial charge in [0.05, 0.1) is 0 Å². The minimum atomic E-state index is 1.13. The molecule has 0 amide bonds. The third-order valence-corrected chi connectivity index (χ3v) is 3.89. The molecule has 0 aliphatic rings. The Balaban J connectivity index is 2.89. The molecule has 0 radical (unpaired) electrons. The standard InChI is InChI=1S/C18H40N2/c1-3-5-7-8-9-10-11-12-14-16-20-18-17-19-15-13-6-4-2/h19-20H,3-18H2,1-2H3. The molecule has 2 heteroatoms. The van der Waals surface area contributed by atoms with Crippen molar-refractivity contribution < 1.29 is 0 Å². The second-order valence-corrected chi connectivity index (χ2v) is 6.04. The fourth-order valence-electron chi connectivity index (χ4n) is 2.49. The molecule has 0 atom stereocenters. The fourth-order valence-corrected chi connectivity index (χ4v) is 2.49. The van der Waals surface area contributed by atoms with Crippen LogP contribution in [0.2, 0.25) is 0 Å². The van der Waals surface area contributed by atoms with Gasteiger partial charge >= 0.3 is 0 Å². The maximum absolute atomic E-state index is 3.53. The van der Waals surface area contributed by atoms with Gasteiger partial charge in [0.2, 0.25) is 0 Å². The van der Waals surface area contributed by atoms with E-state index in [0.29, 0.717) is 0 Å². The lowest BCUT2D eigenvalue weighted by Crippen LogP contribution is -2.28. The van der Waals surface area contributed by atoms with Crippen molar-refractivity contribution in [2.45, 2.75) is 90.9 Å². The van der Waals surface area contributed by atoms with Crippen LogP contribution in [0.25, 0.3) is 0 Å². The average Bonchev–Trinajstić information content (AvgIpc) is 2.47. The summed E-state index contributed by atoms with van der Waals surface area (Å²) in [5, 5.41) is 7.03. The van der Waals surface area contributed by atoms with E-state index in [0.717, 1.165) is 13.1 Å². The van der Waals surface area contributed by atoms with Crippen molar-refractivity contribution in [3.63, 3.8) is 0 Å². The van der Waals surface area contributed by atoms with Gasteiger partial charge in [-0.15, -0.1) is 0 Å². The summed E-state index contributed by atoms with van der Waals surface area (Å²) in [4.78, 5) is 0. The third kappa shape index (κ3) is 17.9. The minimum absolute atomic E-state index is 1.13. The van der Waals surface area contributed by atoms with Crippen molar-refractivity contribution in [1.29, 1.82) is 0 Å². The first-order chi connectivity index (χ1) is 9.91. The molecule has 0 spiro atoms. The van der Waals surface area contributed by atoms with Gasteiger partial charge < -0.3 is 10.6 Å². The second kappa shape index (κ2) is 18.9. The van der Waals surface area contributed by atoms with Gasteiger partial charge in [-0.25, -0.2) is 0 Å². The van der Waals surface area contributed by atoms with Crippen LogP contribution in [0.15, 0.2) is 0 Å². The highest BCUT2D eigenvalue weighted by Gasteiger charge is 1.92. The summed E-state index contributed by atoms with van der Waals surface area (Å²) in [6, 6.07) is 0. The molecular weight excluding hydrogens is 244 g/mol. The highest BCUT2D eigenvalue weighted by Crippen LogP contribution is 2.09. The first-order valence-electron chi connectivity index (χ1n) is 9.33. The molecule has 2 nitrogen and oxygen atoms in total. The van der Waals surface area contributed by atoms with Crippen LogP contribution in [0, 0.1) is 0 Å². The van der Waals surface area contributed by atoms with Crippen LogP contribution in [0.4, 0.5) is 0 Å². The quantitative estimate of drug-likeness (QED) is 0.372. The van der Waals surface area contributed by atoms with E-state index in [1.54, 1.807) is 0 Å². The van der Waals surface area contributed by atoms with Crippen molar-refractivity contribution >= 4 is 0 Å².